The molecule has 0 aliphatic carbocycles. The maximum absolute atomic E-state index is 5.40. The number of methoxy groups -OCH3 is 2. The van der Waals surface area contributed by atoms with Crippen LogP contribution in [0.5, 0.6) is 11.5 Å². The highest BCUT2D eigenvalue weighted by Crippen LogP contribution is 2.34. The molecule has 0 saturated heterocycles. The number of anilines is 1. The number of pyridine rings is 1. The van der Waals surface area contributed by atoms with Crippen LogP contribution in [0.1, 0.15) is 11.1 Å². The fourth-order valence-electron chi connectivity index (χ4n) is 3.20. The molecule has 4 aromatic rings. The Kier molecular flexibility index (Phi) is 5.11. The molecule has 0 unspecified atom stereocenters. The van der Waals surface area contributed by atoms with Crippen molar-refractivity contribution in [3.63, 3.8) is 0 Å². The molecule has 7 heteroatoms. The van der Waals surface area contributed by atoms with Gasteiger partial charge in [-0.05, 0) is 42.3 Å². The first-order chi connectivity index (χ1) is 14.2. The van der Waals surface area contributed by atoms with Crippen LogP contribution in [0.3, 0.4) is 0 Å². The van der Waals surface area contributed by atoms with E-state index in [1.54, 1.807) is 39.2 Å². The summed E-state index contributed by atoms with van der Waals surface area (Å²) in [5.74, 6) is 1.28. The number of nitrogens with zero attached hydrogens (tertiary/aromatic N) is 4. The van der Waals surface area contributed by atoms with Crippen LogP contribution in [0.4, 0.5) is 5.69 Å². The summed E-state index contributed by atoms with van der Waals surface area (Å²) in [5, 5.41) is 5.30. The Morgan fingerprint density at radius 1 is 1.03 bits per heavy atom. The van der Waals surface area contributed by atoms with Gasteiger partial charge in [-0.15, -0.1) is 0 Å². The molecule has 2 aromatic carbocycles. The largest absolute Gasteiger partial charge is 0.493 e. The Labute approximate surface area is 168 Å². The highest BCUT2D eigenvalue weighted by atomic mass is 16.5. The number of nitrogens with one attached hydrogen (secondary N) is 1. The van der Waals surface area contributed by atoms with Gasteiger partial charge in [-0.2, -0.15) is 5.10 Å². The first-order valence-electron chi connectivity index (χ1n) is 9.08. The third-order valence-corrected chi connectivity index (χ3v) is 4.65. The van der Waals surface area contributed by atoms with Crippen molar-refractivity contribution in [1.29, 1.82) is 0 Å². The lowest BCUT2D eigenvalue weighted by Gasteiger charge is -2.11. The minimum atomic E-state index is 0.640. The molecule has 0 spiro atoms. The molecule has 2 aromatic heterocycles. The quantitative estimate of drug-likeness (QED) is 0.397. The lowest BCUT2D eigenvalue weighted by molar-refractivity contribution is 0.356. The van der Waals surface area contributed by atoms with E-state index < -0.39 is 0 Å². The second-order valence-corrected chi connectivity index (χ2v) is 6.47. The molecule has 0 atom stereocenters. The summed E-state index contributed by atoms with van der Waals surface area (Å²) in [5.41, 5.74) is 7.96. The fourth-order valence-corrected chi connectivity index (χ4v) is 3.20. The van der Waals surface area contributed by atoms with Gasteiger partial charge in [0.25, 0.3) is 0 Å². The van der Waals surface area contributed by atoms with Crippen molar-refractivity contribution >= 4 is 22.8 Å². The number of hydrazone groups is 1. The summed E-state index contributed by atoms with van der Waals surface area (Å²) in [4.78, 5) is 8.50. The Morgan fingerprint density at radius 2 is 1.86 bits per heavy atom. The standard InChI is InChI=1S/C22H21N5O2/c1-15-10-16(4-5-20(15)27-9-8-23-14-27)13-25-26-18-6-7-24-19-12-22(29-3)21(28-2)11-17(18)19/h4-14H,1-3H3,(H,24,26). The van der Waals surface area contributed by atoms with E-state index in [4.69, 9.17) is 9.47 Å². The second kappa shape index (κ2) is 8.02. The van der Waals surface area contributed by atoms with Gasteiger partial charge in [0.1, 0.15) is 0 Å². The van der Waals surface area contributed by atoms with Crippen LogP contribution >= 0.6 is 0 Å². The van der Waals surface area contributed by atoms with E-state index in [0.29, 0.717) is 11.5 Å². The molecule has 29 heavy (non-hydrogen) atoms. The Morgan fingerprint density at radius 3 is 2.59 bits per heavy atom. The summed E-state index contributed by atoms with van der Waals surface area (Å²) >= 11 is 0. The number of hydrogen-bond donors (Lipinski definition) is 1. The fraction of sp³-hybridized carbons (Fsp3) is 0.136. The molecule has 7 nitrogen and oxygen atoms in total. The normalized spacial score (nSPS) is 11.1. The molecule has 2 heterocycles. The van der Waals surface area contributed by atoms with Crippen molar-refractivity contribution in [2.75, 3.05) is 19.6 Å². The van der Waals surface area contributed by atoms with E-state index in [1.165, 1.54) is 0 Å². The summed E-state index contributed by atoms with van der Waals surface area (Å²) in [6.07, 6.45) is 9.00. The third-order valence-electron chi connectivity index (χ3n) is 4.65. The third kappa shape index (κ3) is 3.75. The number of hydrogen-bond acceptors (Lipinski definition) is 6. The van der Waals surface area contributed by atoms with Gasteiger partial charge >= 0.3 is 0 Å². The molecule has 4 rings (SSSR count). The van der Waals surface area contributed by atoms with Crippen molar-refractivity contribution in [3.05, 3.63) is 72.4 Å². The molecule has 0 aliphatic heterocycles. The van der Waals surface area contributed by atoms with E-state index in [-0.39, 0.29) is 0 Å². The zero-order valence-electron chi connectivity index (χ0n) is 16.5. The first-order valence-corrected chi connectivity index (χ1v) is 9.08. The molecule has 0 radical (unpaired) electrons. The van der Waals surface area contributed by atoms with E-state index in [0.717, 1.165) is 33.4 Å². The minimum Gasteiger partial charge on any atom is -0.493 e. The molecule has 0 amide bonds. The van der Waals surface area contributed by atoms with Gasteiger partial charge in [0.05, 0.1) is 38.0 Å². The van der Waals surface area contributed by atoms with Gasteiger partial charge in [0, 0.05) is 35.7 Å². The van der Waals surface area contributed by atoms with Crippen LogP contribution < -0.4 is 14.9 Å². The summed E-state index contributed by atoms with van der Waals surface area (Å²) in [6.45, 7) is 2.07. The Balaban J connectivity index is 1.58. The number of aryl methyl sites for hydroxylation is 1. The highest BCUT2D eigenvalue weighted by Gasteiger charge is 2.09. The summed E-state index contributed by atoms with van der Waals surface area (Å²) < 4.78 is 12.7. The van der Waals surface area contributed by atoms with Crippen LogP contribution in [0.2, 0.25) is 0 Å². The molecule has 0 aliphatic rings. The molecule has 146 valence electrons. The SMILES string of the molecule is COc1cc2nccc(NN=Cc3ccc(-n4ccnc4)c(C)c3)c2cc1OC. The number of imidazole rings is 1. The molecule has 1 N–H and O–H groups in total. The van der Waals surface area contributed by atoms with Crippen LogP contribution in [0.15, 0.2) is 66.4 Å². The van der Waals surface area contributed by atoms with Gasteiger partial charge in [-0.1, -0.05) is 6.07 Å². The molecule has 0 fully saturated rings. The number of benzene rings is 2. The van der Waals surface area contributed by atoms with Crippen molar-refractivity contribution in [2.24, 2.45) is 5.10 Å². The van der Waals surface area contributed by atoms with Gasteiger partial charge in [-0.25, -0.2) is 4.98 Å². The van der Waals surface area contributed by atoms with Gasteiger partial charge in [0.2, 0.25) is 0 Å². The average Bonchev–Trinajstić information content (AvgIpc) is 3.27. The van der Waals surface area contributed by atoms with Crippen LogP contribution in [-0.4, -0.2) is 35.0 Å². The van der Waals surface area contributed by atoms with Crippen molar-refractivity contribution in [3.8, 4) is 17.2 Å². The molecule has 0 saturated carbocycles. The Bertz CT molecular complexity index is 1170. The smallest absolute Gasteiger partial charge is 0.162 e. The summed E-state index contributed by atoms with van der Waals surface area (Å²) in [7, 11) is 3.22. The maximum Gasteiger partial charge on any atom is 0.162 e. The zero-order chi connectivity index (χ0) is 20.2. The lowest BCUT2D eigenvalue weighted by atomic mass is 10.1. The molecule has 0 bridgehead atoms. The predicted octanol–water partition coefficient (Wildman–Crippen LogP) is 4.19. The topological polar surface area (TPSA) is 73.6 Å². The minimum absolute atomic E-state index is 0.640. The molecular weight excluding hydrogens is 366 g/mol. The van der Waals surface area contributed by atoms with Crippen molar-refractivity contribution < 1.29 is 9.47 Å². The summed E-state index contributed by atoms with van der Waals surface area (Å²) in [6, 6.07) is 11.8. The van der Waals surface area contributed by atoms with Gasteiger partial charge in [-0.3, -0.25) is 10.4 Å². The van der Waals surface area contributed by atoms with Crippen molar-refractivity contribution in [2.45, 2.75) is 6.92 Å². The number of aromatic nitrogens is 3. The zero-order valence-corrected chi connectivity index (χ0v) is 16.5. The van der Waals surface area contributed by atoms with E-state index in [1.807, 2.05) is 35.0 Å². The Hall–Kier alpha value is -3.87. The lowest BCUT2D eigenvalue weighted by Crippen LogP contribution is -1.97. The van der Waals surface area contributed by atoms with Crippen LogP contribution in [-0.2, 0) is 0 Å². The highest BCUT2D eigenvalue weighted by molar-refractivity contribution is 5.94. The monoisotopic (exact) mass is 387 g/mol. The van der Waals surface area contributed by atoms with Gasteiger partial charge < -0.3 is 14.0 Å². The van der Waals surface area contributed by atoms with E-state index in [2.05, 4.69) is 39.6 Å². The van der Waals surface area contributed by atoms with E-state index >= 15 is 0 Å². The number of fused-ring (bicyclic) bond motifs is 1. The van der Waals surface area contributed by atoms with Crippen LogP contribution in [0.25, 0.3) is 16.6 Å². The maximum atomic E-state index is 5.40. The molecular formula is C22H21N5O2. The average molecular weight is 387 g/mol. The first kappa shape index (κ1) is 18.5. The van der Waals surface area contributed by atoms with E-state index in [9.17, 15) is 0 Å². The second-order valence-electron chi connectivity index (χ2n) is 6.47. The van der Waals surface area contributed by atoms with Crippen molar-refractivity contribution in [1.82, 2.24) is 14.5 Å². The van der Waals surface area contributed by atoms with Gasteiger partial charge in [0.15, 0.2) is 11.5 Å². The number of ether oxygens (including phenoxy) is 2. The predicted molar refractivity (Wildman–Crippen MR) is 114 cm³/mol. The number of rotatable bonds is 6. The van der Waals surface area contributed by atoms with Crippen LogP contribution in [0, 0.1) is 6.92 Å².